The monoisotopic (exact) mass is 486 g/mol. The Morgan fingerprint density at radius 1 is 0.829 bits per heavy atom. The van der Waals surface area contributed by atoms with E-state index in [-0.39, 0.29) is 11.9 Å². The number of hydrogen-bond donors (Lipinski definition) is 0. The van der Waals surface area contributed by atoms with Crippen molar-refractivity contribution in [3.05, 3.63) is 101 Å². The highest BCUT2D eigenvalue weighted by atomic mass is 35.5. The van der Waals surface area contributed by atoms with Gasteiger partial charge in [0, 0.05) is 41.4 Å². The van der Waals surface area contributed by atoms with E-state index in [1.165, 1.54) is 36.8 Å². The fourth-order valence-corrected chi connectivity index (χ4v) is 6.17. The molecule has 1 saturated heterocycles. The molecular formula is C31H35ClN2O. The van der Waals surface area contributed by atoms with E-state index >= 15 is 0 Å². The lowest BCUT2D eigenvalue weighted by molar-refractivity contribution is 0.0895. The summed E-state index contributed by atoms with van der Waals surface area (Å²) >= 11 is 6.09. The van der Waals surface area contributed by atoms with E-state index in [4.69, 9.17) is 11.6 Å². The highest BCUT2D eigenvalue weighted by Crippen LogP contribution is 2.38. The number of likely N-dealkylation sites (tertiary alicyclic amines) is 1. The molecule has 2 atom stereocenters. The number of halogens is 1. The molecule has 1 aliphatic carbocycles. The van der Waals surface area contributed by atoms with Gasteiger partial charge in [-0.05, 0) is 80.5 Å². The summed E-state index contributed by atoms with van der Waals surface area (Å²) in [6, 6.07) is 27.5. The van der Waals surface area contributed by atoms with Crippen molar-refractivity contribution in [1.82, 2.24) is 4.90 Å². The molecule has 0 N–H and O–H groups in total. The van der Waals surface area contributed by atoms with Crippen LogP contribution in [0.4, 0.5) is 5.69 Å². The first-order valence-electron chi connectivity index (χ1n) is 13.0. The van der Waals surface area contributed by atoms with Crippen LogP contribution in [0.1, 0.15) is 65.9 Å². The summed E-state index contributed by atoms with van der Waals surface area (Å²) in [4.78, 5) is 18.5. The fraction of sp³-hybridized carbons (Fsp3) is 0.387. The summed E-state index contributed by atoms with van der Waals surface area (Å²) in [5.41, 5.74) is 4.35. The molecule has 182 valence electrons. The molecule has 3 nitrogen and oxygen atoms in total. The van der Waals surface area contributed by atoms with E-state index in [1.807, 2.05) is 17.0 Å². The molecule has 3 aromatic rings. The Balaban J connectivity index is 1.34. The molecule has 4 heteroatoms. The summed E-state index contributed by atoms with van der Waals surface area (Å²) in [7, 11) is 0. The predicted molar refractivity (Wildman–Crippen MR) is 145 cm³/mol. The van der Waals surface area contributed by atoms with Gasteiger partial charge in [0.05, 0.1) is 0 Å². The maximum atomic E-state index is 13.7. The zero-order valence-electron chi connectivity index (χ0n) is 20.6. The number of anilines is 1. The first-order chi connectivity index (χ1) is 17.1. The van der Waals surface area contributed by atoms with Crippen molar-refractivity contribution >= 4 is 23.2 Å². The van der Waals surface area contributed by atoms with Crippen molar-refractivity contribution in [2.75, 3.05) is 18.0 Å². The third kappa shape index (κ3) is 5.47. The van der Waals surface area contributed by atoms with E-state index in [2.05, 4.69) is 66.4 Å². The molecule has 35 heavy (non-hydrogen) atoms. The molecule has 0 spiro atoms. The lowest BCUT2D eigenvalue weighted by Crippen LogP contribution is -2.51. The predicted octanol–water partition coefficient (Wildman–Crippen LogP) is 7.49. The standard InChI is InChI=1S/C31H35ClN2O/c1-23-11-17-27(18-12-23)34(31(35)25-13-15-26(32)16-14-25)28-19-21-33(22-20-28)30-10-6-5-9-29(30)24-7-3-2-4-8-24/h2-4,7-8,11-18,28-30H,5-6,9-10,19-22H2,1H3. The van der Waals surface area contributed by atoms with Crippen LogP contribution in [0, 0.1) is 6.92 Å². The molecule has 1 heterocycles. The van der Waals surface area contributed by atoms with Crippen molar-refractivity contribution in [3.63, 3.8) is 0 Å². The maximum Gasteiger partial charge on any atom is 0.258 e. The van der Waals surface area contributed by atoms with Gasteiger partial charge in [-0.2, -0.15) is 0 Å². The van der Waals surface area contributed by atoms with Gasteiger partial charge >= 0.3 is 0 Å². The molecule has 5 rings (SSSR count). The first-order valence-corrected chi connectivity index (χ1v) is 13.4. The Labute approximate surface area is 214 Å². The van der Waals surface area contributed by atoms with Crippen molar-refractivity contribution in [1.29, 1.82) is 0 Å². The van der Waals surface area contributed by atoms with Crippen LogP contribution < -0.4 is 4.90 Å². The van der Waals surface area contributed by atoms with Gasteiger partial charge < -0.3 is 4.90 Å². The number of carbonyl (C=O) groups excluding carboxylic acids is 1. The average molecular weight is 487 g/mol. The number of hydrogen-bond acceptors (Lipinski definition) is 2. The number of rotatable bonds is 5. The highest BCUT2D eigenvalue weighted by Gasteiger charge is 2.36. The van der Waals surface area contributed by atoms with E-state index in [0.29, 0.717) is 22.5 Å². The second-order valence-electron chi connectivity index (χ2n) is 10.2. The fourth-order valence-electron chi connectivity index (χ4n) is 6.04. The SMILES string of the molecule is Cc1ccc(N(C(=O)c2ccc(Cl)cc2)C2CCN(C3CCCCC3c3ccccc3)CC2)cc1. The van der Waals surface area contributed by atoms with Crippen molar-refractivity contribution in [2.24, 2.45) is 0 Å². The van der Waals surface area contributed by atoms with Crippen LogP contribution in [0.15, 0.2) is 78.9 Å². The smallest absolute Gasteiger partial charge is 0.258 e. The quantitative estimate of drug-likeness (QED) is 0.373. The Kier molecular flexibility index (Phi) is 7.55. The molecule has 3 aromatic carbocycles. The van der Waals surface area contributed by atoms with Crippen molar-refractivity contribution < 1.29 is 4.79 Å². The van der Waals surface area contributed by atoms with Crippen LogP contribution in [0.3, 0.4) is 0 Å². The number of benzene rings is 3. The Morgan fingerprint density at radius 3 is 2.17 bits per heavy atom. The minimum atomic E-state index is 0.0591. The minimum absolute atomic E-state index is 0.0591. The van der Waals surface area contributed by atoms with Gasteiger partial charge in [0.15, 0.2) is 0 Å². The summed E-state index contributed by atoms with van der Waals surface area (Å²) in [5, 5.41) is 0.650. The number of amides is 1. The van der Waals surface area contributed by atoms with Gasteiger partial charge in [0.1, 0.15) is 0 Å². The van der Waals surface area contributed by atoms with Gasteiger partial charge in [-0.25, -0.2) is 0 Å². The summed E-state index contributed by atoms with van der Waals surface area (Å²) in [6.45, 7) is 4.16. The lowest BCUT2D eigenvalue weighted by atomic mass is 9.78. The van der Waals surface area contributed by atoms with Crippen LogP contribution in [0.5, 0.6) is 0 Å². The van der Waals surface area contributed by atoms with E-state index in [1.54, 1.807) is 12.1 Å². The zero-order chi connectivity index (χ0) is 24.2. The van der Waals surface area contributed by atoms with Gasteiger partial charge in [-0.15, -0.1) is 0 Å². The van der Waals surface area contributed by atoms with Gasteiger partial charge in [-0.1, -0.05) is 72.5 Å². The van der Waals surface area contributed by atoms with Crippen molar-refractivity contribution in [2.45, 2.75) is 63.5 Å². The van der Waals surface area contributed by atoms with Gasteiger partial charge in [0.25, 0.3) is 5.91 Å². The first kappa shape index (κ1) is 24.1. The minimum Gasteiger partial charge on any atom is -0.305 e. The summed E-state index contributed by atoms with van der Waals surface area (Å²) in [6.07, 6.45) is 7.17. The lowest BCUT2D eigenvalue weighted by Gasteiger charge is -2.45. The molecule has 2 unspecified atom stereocenters. The van der Waals surface area contributed by atoms with E-state index < -0.39 is 0 Å². The molecule has 1 saturated carbocycles. The van der Waals surface area contributed by atoms with Crippen LogP contribution in [0.2, 0.25) is 5.02 Å². The topological polar surface area (TPSA) is 23.6 Å². The number of aryl methyl sites for hydroxylation is 1. The summed E-state index contributed by atoms with van der Waals surface area (Å²) in [5.74, 6) is 0.675. The van der Waals surface area contributed by atoms with E-state index in [9.17, 15) is 4.79 Å². The number of nitrogens with zero attached hydrogens (tertiary/aromatic N) is 2. The van der Waals surface area contributed by atoms with E-state index in [0.717, 1.165) is 31.6 Å². The van der Waals surface area contributed by atoms with Crippen LogP contribution >= 0.6 is 11.6 Å². The maximum absolute atomic E-state index is 13.7. The Hall–Kier alpha value is -2.62. The van der Waals surface area contributed by atoms with Crippen LogP contribution in [-0.4, -0.2) is 36.0 Å². The van der Waals surface area contributed by atoms with Crippen LogP contribution in [0.25, 0.3) is 0 Å². The summed E-state index contributed by atoms with van der Waals surface area (Å²) < 4.78 is 0. The van der Waals surface area contributed by atoms with Gasteiger partial charge in [0.2, 0.25) is 0 Å². The molecule has 0 bridgehead atoms. The molecule has 2 fully saturated rings. The zero-order valence-corrected chi connectivity index (χ0v) is 21.3. The molecule has 2 aliphatic rings. The molecule has 1 amide bonds. The third-order valence-electron chi connectivity index (χ3n) is 7.91. The molecule has 0 aromatic heterocycles. The molecule has 1 aliphatic heterocycles. The third-order valence-corrected chi connectivity index (χ3v) is 8.16. The average Bonchev–Trinajstić information content (AvgIpc) is 2.91. The highest BCUT2D eigenvalue weighted by molar-refractivity contribution is 6.30. The largest absolute Gasteiger partial charge is 0.305 e. The van der Waals surface area contributed by atoms with Gasteiger partial charge in [-0.3, -0.25) is 9.69 Å². The molecular weight excluding hydrogens is 452 g/mol. The number of piperidine rings is 1. The van der Waals surface area contributed by atoms with Crippen molar-refractivity contribution in [3.8, 4) is 0 Å². The Morgan fingerprint density at radius 2 is 1.49 bits per heavy atom. The molecule has 0 radical (unpaired) electrons. The second kappa shape index (κ2) is 11.0. The van der Waals surface area contributed by atoms with Crippen LogP contribution in [-0.2, 0) is 0 Å². The second-order valence-corrected chi connectivity index (χ2v) is 10.6. The number of carbonyl (C=O) groups is 1. The normalized spacial score (nSPS) is 21.5. The Bertz CT molecular complexity index is 1100.